The minimum atomic E-state index is -0.507. The maximum Gasteiger partial charge on any atom is 0.343 e. The highest BCUT2D eigenvalue weighted by Crippen LogP contribution is 2.22. The fourth-order valence-corrected chi connectivity index (χ4v) is 2.00. The van der Waals surface area contributed by atoms with Crippen LogP contribution in [-0.2, 0) is 6.54 Å². The highest BCUT2D eigenvalue weighted by atomic mass is 79.9. The number of nitrogens with zero attached hydrogens (tertiary/aromatic N) is 3. The van der Waals surface area contributed by atoms with Crippen LogP contribution in [0.25, 0.3) is 0 Å². The lowest BCUT2D eigenvalue weighted by molar-refractivity contribution is -0.392. The molecule has 0 saturated heterocycles. The van der Waals surface area contributed by atoms with Crippen LogP contribution in [0.5, 0.6) is 0 Å². The topological polar surface area (TPSA) is 61.0 Å². The summed E-state index contributed by atoms with van der Waals surface area (Å²) in [5.41, 5.74) is 0.624. The van der Waals surface area contributed by atoms with Gasteiger partial charge in [0.1, 0.15) is 18.6 Å². The van der Waals surface area contributed by atoms with Gasteiger partial charge in [-0.3, -0.25) is 0 Å². The van der Waals surface area contributed by atoms with Gasteiger partial charge >= 0.3 is 5.82 Å². The van der Waals surface area contributed by atoms with Crippen LogP contribution < -0.4 is 0 Å². The lowest BCUT2D eigenvalue weighted by atomic mass is 10.2. The van der Waals surface area contributed by atoms with E-state index in [2.05, 4.69) is 20.9 Å². The van der Waals surface area contributed by atoms with E-state index in [0.29, 0.717) is 15.9 Å². The molecule has 0 N–H and O–H groups in total. The Hall–Kier alpha value is -1.76. The Kier molecular flexibility index (Phi) is 3.42. The van der Waals surface area contributed by atoms with Gasteiger partial charge in [-0.05, 0) is 23.1 Å². The number of hydrogen-bond acceptors (Lipinski definition) is 3. The zero-order chi connectivity index (χ0) is 13.3. The van der Waals surface area contributed by atoms with Crippen molar-refractivity contribution in [2.75, 3.05) is 0 Å². The molecule has 1 aromatic carbocycles. The van der Waals surface area contributed by atoms with Crippen LogP contribution in [0.3, 0.4) is 0 Å². The highest BCUT2D eigenvalue weighted by molar-refractivity contribution is 9.10. The zero-order valence-corrected chi connectivity index (χ0v) is 11.0. The first-order valence-corrected chi connectivity index (χ1v) is 5.89. The van der Waals surface area contributed by atoms with Crippen molar-refractivity contribution in [3.63, 3.8) is 0 Å². The summed E-state index contributed by atoms with van der Waals surface area (Å²) in [5, 5.41) is 10.8. The molecule has 7 heteroatoms. The summed E-state index contributed by atoms with van der Waals surface area (Å²) in [5.74, 6) is 0.0233. The summed E-state index contributed by atoms with van der Waals surface area (Å²) in [6, 6.07) is 4.23. The summed E-state index contributed by atoms with van der Waals surface area (Å²) in [4.78, 5) is 14.2. The van der Waals surface area contributed by atoms with Crippen molar-refractivity contribution >= 4 is 21.7 Å². The Morgan fingerprint density at radius 1 is 1.56 bits per heavy atom. The molecule has 0 saturated carbocycles. The van der Waals surface area contributed by atoms with Crippen LogP contribution in [0, 0.1) is 22.9 Å². The van der Waals surface area contributed by atoms with Crippen molar-refractivity contribution in [2.45, 2.75) is 13.5 Å². The average molecular weight is 314 g/mol. The monoisotopic (exact) mass is 313 g/mol. The van der Waals surface area contributed by atoms with Crippen molar-refractivity contribution in [3.8, 4) is 0 Å². The van der Waals surface area contributed by atoms with Crippen LogP contribution in [0.4, 0.5) is 10.2 Å². The maximum atomic E-state index is 13.2. The first-order chi connectivity index (χ1) is 8.49. The van der Waals surface area contributed by atoms with Gasteiger partial charge in [0.25, 0.3) is 0 Å². The van der Waals surface area contributed by atoms with Crippen LogP contribution >= 0.6 is 15.9 Å². The molecule has 5 nitrogen and oxygen atoms in total. The molecule has 18 heavy (non-hydrogen) atoms. The van der Waals surface area contributed by atoms with Gasteiger partial charge in [-0.15, -0.1) is 0 Å². The van der Waals surface area contributed by atoms with E-state index in [4.69, 9.17) is 0 Å². The quantitative estimate of drug-likeness (QED) is 0.646. The minimum absolute atomic E-state index is 0.108. The third-order valence-corrected chi connectivity index (χ3v) is 3.33. The van der Waals surface area contributed by atoms with Gasteiger partial charge in [0.05, 0.1) is 0 Å². The van der Waals surface area contributed by atoms with E-state index >= 15 is 0 Å². The van der Waals surface area contributed by atoms with Gasteiger partial charge < -0.3 is 10.1 Å². The molecule has 0 atom stereocenters. The zero-order valence-electron chi connectivity index (χ0n) is 9.43. The molecule has 0 unspecified atom stereocenters. The number of benzene rings is 1. The van der Waals surface area contributed by atoms with E-state index in [9.17, 15) is 14.5 Å². The molecule has 2 aromatic rings. The Labute approximate surface area is 111 Å². The third kappa shape index (κ3) is 2.40. The fraction of sp³-hybridized carbons (Fsp3) is 0.182. The Bertz CT molecular complexity index is 612. The van der Waals surface area contributed by atoms with Gasteiger partial charge in [-0.2, -0.15) is 0 Å². The minimum Gasteiger partial charge on any atom is -0.358 e. The molecule has 0 fully saturated rings. The van der Waals surface area contributed by atoms with E-state index < -0.39 is 4.92 Å². The molecule has 0 aliphatic carbocycles. The van der Waals surface area contributed by atoms with Gasteiger partial charge in [-0.1, -0.05) is 15.9 Å². The van der Waals surface area contributed by atoms with E-state index in [-0.39, 0.29) is 18.2 Å². The largest absolute Gasteiger partial charge is 0.358 e. The molecule has 0 aliphatic heterocycles. The second-order valence-electron chi connectivity index (χ2n) is 3.74. The average Bonchev–Trinajstić information content (AvgIpc) is 2.66. The molecule has 0 radical (unpaired) electrons. The summed E-state index contributed by atoms with van der Waals surface area (Å²) in [6.07, 6.45) is 1.20. The predicted octanol–water partition coefficient (Wildman–Crippen LogP) is 3.05. The van der Waals surface area contributed by atoms with Gasteiger partial charge in [0.2, 0.25) is 0 Å². The highest BCUT2D eigenvalue weighted by Gasteiger charge is 2.18. The number of imidazole rings is 1. The molecular weight excluding hydrogens is 305 g/mol. The summed E-state index contributed by atoms with van der Waals surface area (Å²) in [6.45, 7) is 1.86. The number of rotatable bonds is 3. The normalized spacial score (nSPS) is 10.6. The van der Waals surface area contributed by atoms with Crippen molar-refractivity contribution in [1.82, 2.24) is 9.55 Å². The lowest BCUT2D eigenvalue weighted by Crippen LogP contribution is -2.07. The Balaban J connectivity index is 2.42. The van der Waals surface area contributed by atoms with E-state index in [0.717, 1.165) is 0 Å². The first-order valence-electron chi connectivity index (χ1n) is 5.09. The van der Waals surface area contributed by atoms with Crippen molar-refractivity contribution < 1.29 is 9.31 Å². The second kappa shape index (κ2) is 4.85. The molecule has 1 heterocycles. The van der Waals surface area contributed by atoms with E-state index in [1.807, 2.05) is 0 Å². The predicted molar refractivity (Wildman–Crippen MR) is 66.8 cm³/mol. The molecule has 0 bridgehead atoms. The van der Waals surface area contributed by atoms with E-state index in [1.165, 1.54) is 22.9 Å². The Morgan fingerprint density at radius 3 is 2.94 bits per heavy atom. The number of halogens is 2. The molecular formula is C11H9BrFN3O2. The second-order valence-corrected chi connectivity index (χ2v) is 4.60. The van der Waals surface area contributed by atoms with Gasteiger partial charge in [0, 0.05) is 17.0 Å². The molecule has 0 spiro atoms. The van der Waals surface area contributed by atoms with Crippen LogP contribution in [0.1, 0.15) is 11.4 Å². The standard InChI is InChI=1S/C11H9BrFN3O2/c1-7-14-5-11(16(17)18)15(7)6-8-4-9(13)2-3-10(8)12/h2-5H,6H2,1H3. The molecule has 94 valence electrons. The van der Waals surface area contributed by atoms with Gasteiger partial charge in [-0.25, -0.2) is 13.9 Å². The number of nitro groups is 1. The number of aryl methyl sites for hydroxylation is 1. The van der Waals surface area contributed by atoms with Crippen LogP contribution in [0.15, 0.2) is 28.9 Å². The van der Waals surface area contributed by atoms with Crippen molar-refractivity contribution in [3.05, 3.63) is 56.2 Å². The summed E-state index contributed by atoms with van der Waals surface area (Å²) < 4.78 is 15.3. The first kappa shape index (κ1) is 12.7. The third-order valence-electron chi connectivity index (χ3n) is 2.56. The lowest BCUT2D eigenvalue weighted by Gasteiger charge is -2.05. The van der Waals surface area contributed by atoms with Gasteiger partial charge in [0.15, 0.2) is 5.82 Å². The number of hydrogen-bond donors (Lipinski definition) is 0. The molecule has 2 rings (SSSR count). The van der Waals surface area contributed by atoms with E-state index in [1.54, 1.807) is 13.0 Å². The molecule has 1 aromatic heterocycles. The maximum absolute atomic E-state index is 13.2. The fourth-order valence-electron chi connectivity index (χ4n) is 1.63. The van der Waals surface area contributed by atoms with Crippen LogP contribution in [-0.4, -0.2) is 14.5 Å². The summed E-state index contributed by atoms with van der Waals surface area (Å²) in [7, 11) is 0. The molecule has 0 aliphatic rings. The Morgan fingerprint density at radius 2 is 2.28 bits per heavy atom. The molecule has 0 amide bonds. The number of aromatic nitrogens is 2. The van der Waals surface area contributed by atoms with Crippen LogP contribution in [0.2, 0.25) is 0 Å². The smallest absolute Gasteiger partial charge is 0.343 e. The van der Waals surface area contributed by atoms with Crippen molar-refractivity contribution in [1.29, 1.82) is 0 Å². The SMILES string of the molecule is Cc1ncc([N+](=O)[O-])n1Cc1cc(F)ccc1Br. The summed E-state index contributed by atoms with van der Waals surface area (Å²) >= 11 is 3.29. The van der Waals surface area contributed by atoms with Crippen molar-refractivity contribution in [2.24, 2.45) is 0 Å².